The molecule has 5 heteroatoms. The zero-order valence-electron chi connectivity index (χ0n) is 10.4. The molecule has 0 saturated heterocycles. The van der Waals surface area contributed by atoms with E-state index in [2.05, 4.69) is 15.4 Å². The molecule has 1 aromatic carbocycles. The lowest BCUT2D eigenvalue weighted by Gasteiger charge is -2.04. The van der Waals surface area contributed by atoms with Gasteiger partial charge in [-0.25, -0.2) is 0 Å². The summed E-state index contributed by atoms with van der Waals surface area (Å²) >= 11 is 0. The maximum absolute atomic E-state index is 11.0. The Bertz CT molecular complexity index is 691. The molecular formula is C14H12N4O. The summed E-state index contributed by atoms with van der Waals surface area (Å²) in [5, 5.41) is 11.8. The summed E-state index contributed by atoms with van der Waals surface area (Å²) in [5.74, 6) is 0.194. The molecule has 2 aromatic rings. The molecule has 0 spiro atoms. The van der Waals surface area contributed by atoms with Crippen molar-refractivity contribution >= 4 is 16.7 Å². The quantitative estimate of drug-likeness (QED) is 0.771. The number of nitrogens with zero attached hydrogens (tertiary/aromatic N) is 4. The molecule has 0 N–H and O–H groups in total. The molecule has 0 aliphatic heterocycles. The third kappa shape index (κ3) is 2.10. The highest BCUT2D eigenvalue weighted by atomic mass is 16.3. The van der Waals surface area contributed by atoms with Gasteiger partial charge in [0.1, 0.15) is 22.4 Å². The van der Waals surface area contributed by atoms with Crippen molar-refractivity contribution in [2.45, 2.75) is 6.92 Å². The van der Waals surface area contributed by atoms with Crippen LogP contribution in [0.5, 0.6) is 0 Å². The Morgan fingerprint density at radius 1 is 1.21 bits per heavy atom. The lowest BCUT2D eigenvalue weighted by atomic mass is 10.1. The van der Waals surface area contributed by atoms with Crippen LogP contribution in [0.15, 0.2) is 59.4 Å². The minimum Gasteiger partial charge on any atom is -0.148 e. The molecule has 3 rings (SSSR count). The number of allylic oxidation sites excluding steroid dienone is 5. The van der Waals surface area contributed by atoms with E-state index < -0.39 is 0 Å². The summed E-state index contributed by atoms with van der Waals surface area (Å²) < 4.78 is 0. The van der Waals surface area contributed by atoms with Crippen molar-refractivity contribution < 1.29 is 0 Å². The zero-order chi connectivity index (χ0) is 13.2. The number of rotatable bonds is 2. The van der Waals surface area contributed by atoms with Crippen LogP contribution < -0.4 is 0 Å². The highest BCUT2D eigenvalue weighted by Crippen LogP contribution is 2.23. The monoisotopic (exact) mass is 252 g/mol. The second-order valence-electron chi connectivity index (χ2n) is 4.42. The van der Waals surface area contributed by atoms with Gasteiger partial charge in [-0.1, -0.05) is 31.2 Å². The molecule has 94 valence electrons. The molecule has 1 aromatic heterocycles. The molecule has 1 aliphatic carbocycles. The van der Waals surface area contributed by atoms with Crippen LogP contribution in [-0.4, -0.2) is 15.0 Å². The maximum atomic E-state index is 11.0. The molecule has 0 saturated carbocycles. The number of hydrogen-bond acceptors (Lipinski definition) is 4. The van der Waals surface area contributed by atoms with Crippen LogP contribution in [0, 0.1) is 10.8 Å². The Morgan fingerprint density at radius 2 is 1.89 bits per heavy atom. The van der Waals surface area contributed by atoms with Gasteiger partial charge in [-0.2, -0.15) is 0 Å². The second-order valence-corrected chi connectivity index (χ2v) is 4.42. The van der Waals surface area contributed by atoms with E-state index in [1.54, 1.807) is 6.08 Å². The van der Waals surface area contributed by atoms with Gasteiger partial charge in [0, 0.05) is 0 Å². The van der Waals surface area contributed by atoms with Crippen LogP contribution in [0.2, 0.25) is 0 Å². The number of hydrogen-bond donors (Lipinski definition) is 0. The predicted octanol–water partition coefficient (Wildman–Crippen LogP) is 3.13. The Morgan fingerprint density at radius 3 is 2.53 bits per heavy atom. The van der Waals surface area contributed by atoms with Crippen LogP contribution in [0.3, 0.4) is 0 Å². The summed E-state index contributed by atoms with van der Waals surface area (Å²) in [7, 11) is 0. The lowest BCUT2D eigenvalue weighted by Crippen LogP contribution is -2.04. The average Bonchev–Trinajstić information content (AvgIpc) is 2.76. The van der Waals surface area contributed by atoms with Crippen molar-refractivity contribution in [2.75, 3.05) is 0 Å². The minimum absolute atomic E-state index is 0.194. The Kier molecular flexibility index (Phi) is 2.79. The van der Waals surface area contributed by atoms with Gasteiger partial charge in [-0.05, 0) is 35.4 Å². The fraction of sp³-hybridized carbons (Fsp3) is 0.143. The molecule has 1 aliphatic rings. The van der Waals surface area contributed by atoms with E-state index in [1.165, 1.54) is 4.80 Å². The van der Waals surface area contributed by atoms with Crippen LogP contribution in [-0.2, 0) is 0 Å². The summed E-state index contributed by atoms with van der Waals surface area (Å²) in [5.41, 5.74) is 2.53. The topological polar surface area (TPSA) is 60.1 Å². The van der Waals surface area contributed by atoms with Gasteiger partial charge >= 0.3 is 0 Å². The first-order valence-corrected chi connectivity index (χ1v) is 6.04. The Labute approximate surface area is 109 Å². The van der Waals surface area contributed by atoms with Gasteiger partial charge < -0.3 is 0 Å². The van der Waals surface area contributed by atoms with E-state index in [0.717, 1.165) is 11.0 Å². The van der Waals surface area contributed by atoms with Crippen LogP contribution in [0.1, 0.15) is 6.92 Å². The highest BCUT2D eigenvalue weighted by molar-refractivity contribution is 5.75. The van der Waals surface area contributed by atoms with E-state index in [9.17, 15) is 4.91 Å². The molecule has 1 unspecified atom stereocenters. The number of fused-ring (bicyclic) bond motifs is 1. The van der Waals surface area contributed by atoms with Gasteiger partial charge in [0.05, 0.1) is 0 Å². The van der Waals surface area contributed by atoms with Crippen LogP contribution >= 0.6 is 0 Å². The van der Waals surface area contributed by atoms with Gasteiger partial charge in [-0.3, -0.25) is 0 Å². The van der Waals surface area contributed by atoms with Gasteiger partial charge in [0.15, 0.2) is 0 Å². The first kappa shape index (κ1) is 11.5. The summed E-state index contributed by atoms with van der Waals surface area (Å²) in [6, 6.07) is 7.58. The largest absolute Gasteiger partial charge is 0.148 e. The zero-order valence-corrected chi connectivity index (χ0v) is 10.4. The first-order valence-electron chi connectivity index (χ1n) is 6.04. The number of aromatic nitrogens is 3. The molecule has 1 heterocycles. The smallest absolute Gasteiger partial charge is 0.135 e. The van der Waals surface area contributed by atoms with E-state index in [4.69, 9.17) is 0 Å². The van der Waals surface area contributed by atoms with Crippen LogP contribution in [0.25, 0.3) is 16.7 Å². The maximum Gasteiger partial charge on any atom is 0.135 e. The third-order valence-corrected chi connectivity index (χ3v) is 2.95. The molecule has 0 radical (unpaired) electrons. The fourth-order valence-electron chi connectivity index (χ4n) is 2.01. The van der Waals surface area contributed by atoms with Crippen molar-refractivity contribution in [2.24, 2.45) is 11.1 Å². The highest BCUT2D eigenvalue weighted by Gasteiger charge is 2.14. The Hall–Kier alpha value is -2.56. The summed E-state index contributed by atoms with van der Waals surface area (Å²) in [6.07, 6.45) is 7.42. The minimum atomic E-state index is 0.194. The van der Waals surface area contributed by atoms with Crippen molar-refractivity contribution in [3.05, 3.63) is 59.2 Å². The molecule has 5 nitrogen and oxygen atoms in total. The van der Waals surface area contributed by atoms with Gasteiger partial charge in [0.25, 0.3) is 0 Å². The van der Waals surface area contributed by atoms with Crippen molar-refractivity contribution in [3.63, 3.8) is 0 Å². The van der Waals surface area contributed by atoms with Gasteiger partial charge in [0.2, 0.25) is 0 Å². The number of nitroso groups, excluding NO2 is 1. The SMILES string of the molecule is CC1C=CC=C(N=O)C(n2nc3ccccc3n2)=C1. The van der Waals surface area contributed by atoms with Gasteiger partial charge in [-0.15, -0.1) is 19.9 Å². The first-order chi connectivity index (χ1) is 9.28. The van der Waals surface area contributed by atoms with Crippen LogP contribution in [0.4, 0.5) is 0 Å². The van der Waals surface area contributed by atoms with Crippen molar-refractivity contribution in [1.29, 1.82) is 0 Å². The average molecular weight is 252 g/mol. The molecule has 19 heavy (non-hydrogen) atoms. The normalized spacial score (nSPS) is 18.9. The standard InChI is InChI=1S/C14H12N4O/c1-10-5-4-8-13(17-19)14(9-10)18-15-11-6-2-3-7-12(11)16-18/h2-10H,1H3. The third-order valence-electron chi connectivity index (χ3n) is 2.95. The van der Waals surface area contributed by atoms with E-state index in [0.29, 0.717) is 11.4 Å². The molecule has 0 fully saturated rings. The lowest BCUT2D eigenvalue weighted by molar-refractivity contribution is 0.772. The second kappa shape index (κ2) is 4.61. The molecule has 0 bridgehead atoms. The fourth-order valence-corrected chi connectivity index (χ4v) is 2.01. The number of benzene rings is 1. The molecule has 1 atom stereocenters. The molecular weight excluding hydrogens is 240 g/mol. The predicted molar refractivity (Wildman–Crippen MR) is 74.0 cm³/mol. The summed E-state index contributed by atoms with van der Waals surface area (Å²) in [4.78, 5) is 12.4. The van der Waals surface area contributed by atoms with E-state index >= 15 is 0 Å². The molecule has 0 amide bonds. The van der Waals surface area contributed by atoms with Crippen molar-refractivity contribution in [3.8, 4) is 0 Å². The Balaban J connectivity index is 2.15. The van der Waals surface area contributed by atoms with Crippen molar-refractivity contribution in [1.82, 2.24) is 15.0 Å². The summed E-state index contributed by atoms with van der Waals surface area (Å²) in [6.45, 7) is 2.03. The van der Waals surface area contributed by atoms with E-state index in [1.807, 2.05) is 49.4 Å². The van der Waals surface area contributed by atoms with E-state index in [-0.39, 0.29) is 5.92 Å².